The molecule has 9 heteroatoms. The van der Waals surface area contributed by atoms with Crippen molar-refractivity contribution in [3.05, 3.63) is 65.2 Å². The van der Waals surface area contributed by atoms with Crippen LogP contribution < -0.4 is 5.32 Å². The maximum absolute atomic E-state index is 14.5. The number of aromatic amines is 1. The summed E-state index contributed by atoms with van der Waals surface area (Å²) in [7, 11) is 0. The fraction of sp³-hybridized carbons (Fsp3) is 0.190. The Kier molecular flexibility index (Phi) is 4.23. The summed E-state index contributed by atoms with van der Waals surface area (Å²) in [6, 6.07) is 2.83. The van der Waals surface area contributed by atoms with Crippen molar-refractivity contribution in [2.24, 2.45) is 0 Å². The van der Waals surface area contributed by atoms with Gasteiger partial charge in [0.25, 0.3) is 5.91 Å². The monoisotopic (exact) mass is 406 g/mol. The SMILES string of the molecule is N=C(NC(=O)c1c(F)cncc1C1CCC1)c1ccnc2[nH]c3ncc(F)cc3c12. The molecule has 0 aromatic carbocycles. The maximum Gasteiger partial charge on any atom is 0.260 e. The number of rotatable bonds is 3. The molecule has 1 aliphatic carbocycles. The molecule has 1 fully saturated rings. The molecule has 1 amide bonds. The number of fused-ring (bicyclic) bond motifs is 3. The van der Waals surface area contributed by atoms with Crippen LogP contribution in [0.3, 0.4) is 0 Å². The van der Waals surface area contributed by atoms with Gasteiger partial charge in [0.2, 0.25) is 0 Å². The molecule has 0 spiro atoms. The summed E-state index contributed by atoms with van der Waals surface area (Å²) in [4.78, 5) is 27.9. The van der Waals surface area contributed by atoms with E-state index >= 15 is 0 Å². The van der Waals surface area contributed by atoms with E-state index in [1.165, 1.54) is 18.5 Å². The number of aromatic nitrogens is 4. The first-order valence-electron chi connectivity index (χ1n) is 9.48. The molecule has 1 aliphatic rings. The van der Waals surface area contributed by atoms with Gasteiger partial charge in [0.15, 0.2) is 5.82 Å². The molecule has 30 heavy (non-hydrogen) atoms. The lowest BCUT2D eigenvalue weighted by Gasteiger charge is -2.27. The number of hydrogen-bond acceptors (Lipinski definition) is 5. The second-order valence-corrected chi connectivity index (χ2v) is 7.30. The van der Waals surface area contributed by atoms with Crippen molar-refractivity contribution in [2.75, 3.05) is 0 Å². The van der Waals surface area contributed by atoms with Gasteiger partial charge in [-0.2, -0.15) is 0 Å². The predicted octanol–water partition coefficient (Wildman–Crippen LogP) is 3.81. The van der Waals surface area contributed by atoms with E-state index in [-0.39, 0.29) is 17.3 Å². The van der Waals surface area contributed by atoms with Gasteiger partial charge in [-0.25, -0.2) is 18.7 Å². The van der Waals surface area contributed by atoms with Gasteiger partial charge in [0, 0.05) is 28.7 Å². The van der Waals surface area contributed by atoms with Gasteiger partial charge >= 0.3 is 0 Å². The minimum atomic E-state index is -0.719. The predicted molar refractivity (Wildman–Crippen MR) is 106 cm³/mol. The Morgan fingerprint density at radius 3 is 2.77 bits per heavy atom. The molecule has 0 aliphatic heterocycles. The summed E-state index contributed by atoms with van der Waals surface area (Å²) in [6.45, 7) is 0. The molecule has 5 rings (SSSR count). The largest absolute Gasteiger partial charge is 0.324 e. The van der Waals surface area contributed by atoms with E-state index in [1.807, 2.05) is 0 Å². The second kappa shape index (κ2) is 6.94. The molecular weight excluding hydrogens is 390 g/mol. The minimum absolute atomic E-state index is 0.0867. The summed E-state index contributed by atoms with van der Waals surface area (Å²) in [5, 5.41) is 11.8. The number of nitrogens with one attached hydrogen (secondary N) is 3. The van der Waals surface area contributed by atoms with E-state index in [1.54, 1.807) is 6.07 Å². The van der Waals surface area contributed by atoms with Crippen molar-refractivity contribution < 1.29 is 13.6 Å². The number of amides is 1. The van der Waals surface area contributed by atoms with Crippen molar-refractivity contribution in [1.82, 2.24) is 25.3 Å². The molecule has 0 atom stereocenters. The average molecular weight is 406 g/mol. The first kappa shape index (κ1) is 18.3. The molecule has 3 N–H and O–H groups in total. The van der Waals surface area contributed by atoms with Crippen LogP contribution >= 0.6 is 0 Å². The highest BCUT2D eigenvalue weighted by Crippen LogP contribution is 2.38. The molecular formula is C21H16F2N6O. The number of amidine groups is 1. The van der Waals surface area contributed by atoms with Crippen molar-refractivity contribution in [3.8, 4) is 0 Å². The van der Waals surface area contributed by atoms with Gasteiger partial charge in [-0.05, 0) is 36.5 Å². The minimum Gasteiger partial charge on any atom is -0.324 e. The molecule has 150 valence electrons. The van der Waals surface area contributed by atoms with Crippen LogP contribution in [0.1, 0.15) is 46.7 Å². The lowest BCUT2D eigenvalue weighted by Crippen LogP contribution is -2.33. The molecule has 0 saturated heterocycles. The van der Waals surface area contributed by atoms with Gasteiger partial charge in [0.1, 0.15) is 22.9 Å². The maximum atomic E-state index is 14.5. The Labute approximate surface area is 169 Å². The van der Waals surface area contributed by atoms with Gasteiger partial charge in [-0.15, -0.1) is 0 Å². The zero-order chi connectivity index (χ0) is 20.8. The van der Waals surface area contributed by atoms with E-state index in [2.05, 4.69) is 25.3 Å². The highest BCUT2D eigenvalue weighted by molar-refractivity contribution is 6.21. The summed E-state index contributed by atoms with van der Waals surface area (Å²) in [5.74, 6) is -2.11. The standard InChI is InChI=1S/C21H16F2N6O/c22-11-6-13-16-12(4-5-26-20(16)29-19(13)27-7-11)18(24)28-21(30)17-14(10-2-1-3-10)8-25-9-15(17)23/h4-10H,1-3H2,(H2,24,28,30)(H,26,27,29). The van der Waals surface area contributed by atoms with E-state index in [4.69, 9.17) is 5.41 Å². The Balaban J connectivity index is 1.54. The summed E-state index contributed by atoms with van der Waals surface area (Å²) < 4.78 is 28.2. The number of pyridine rings is 3. The van der Waals surface area contributed by atoms with Crippen molar-refractivity contribution >= 4 is 33.8 Å². The van der Waals surface area contributed by atoms with Crippen LogP contribution in [-0.2, 0) is 0 Å². The molecule has 1 saturated carbocycles. The van der Waals surface area contributed by atoms with Gasteiger partial charge in [-0.3, -0.25) is 15.2 Å². The zero-order valence-electron chi connectivity index (χ0n) is 15.7. The fourth-order valence-corrected chi connectivity index (χ4v) is 3.84. The highest BCUT2D eigenvalue weighted by Gasteiger charge is 2.28. The van der Waals surface area contributed by atoms with Crippen LogP contribution in [0.25, 0.3) is 22.1 Å². The molecule has 4 heterocycles. The smallest absolute Gasteiger partial charge is 0.260 e. The quantitative estimate of drug-likeness (QED) is 0.355. The van der Waals surface area contributed by atoms with Crippen LogP contribution in [0.2, 0.25) is 0 Å². The third kappa shape index (κ3) is 2.90. The molecule has 4 aromatic rings. The van der Waals surface area contributed by atoms with E-state index in [0.717, 1.165) is 31.7 Å². The molecule has 0 unspecified atom stereocenters. The number of hydrogen-bond donors (Lipinski definition) is 3. The molecule has 0 bridgehead atoms. The number of H-pyrrole nitrogens is 1. The van der Waals surface area contributed by atoms with E-state index in [9.17, 15) is 13.6 Å². The van der Waals surface area contributed by atoms with Gasteiger partial charge in [0.05, 0.1) is 18.0 Å². The van der Waals surface area contributed by atoms with Crippen LogP contribution in [0, 0.1) is 17.0 Å². The third-order valence-electron chi connectivity index (χ3n) is 5.52. The molecule has 0 radical (unpaired) electrons. The Bertz CT molecular complexity index is 1330. The van der Waals surface area contributed by atoms with Crippen molar-refractivity contribution in [3.63, 3.8) is 0 Å². The Hall–Kier alpha value is -3.75. The third-order valence-corrected chi connectivity index (χ3v) is 5.52. The highest BCUT2D eigenvalue weighted by atomic mass is 19.1. The van der Waals surface area contributed by atoms with E-state index in [0.29, 0.717) is 33.2 Å². The Morgan fingerprint density at radius 1 is 1.17 bits per heavy atom. The summed E-state index contributed by atoms with van der Waals surface area (Å²) in [5.41, 5.74) is 1.62. The lowest BCUT2D eigenvalue weighted by atomic mass is 9.78. The normalized spacial score (nSPS) is 14.1. The number of carbonyl (C=O) groups is 1. The second-order valence-electron chi connectivity index (χ2n) is 7.30. The number of nitrogens with zero attached hydrogens (tertiary/aromatic N) is 3. The number of carbonyl (C=O) groups excluding carboxylic acids is 1. The Morgan fingerprint density at radius 2 is 2.00 bits per heavy atom. The summed E-state index contributed by atoms with van der Waals surface area (Å²) in [6.07, 6.45) is 7.85. The first-order valence-corrected chi connectivity index (χ1v) is 9.48. The first-order chi connectivity index (χ1) is 14.5. The van der Waals surface area contributed by atoms with Crippen molar-refractivity contribution in [1.29, 1.82) is 5.41 Å². The van der Waals surface area contributed by atoms with Crippen LogP contribution in [-0.4, -0.2) is 31.7 Å². The van der Waals surface area contributed by atoms with Crippen LogP contribution in [0.4, 0.5) is 8.78 Å². The zero-order valence-corrected chi connectivity index (χ0v) is 15.7. The lowest BCUT2D eigenvalue weighted by molar-refractivity contribution is 0.0970. The van der Waals surface area contributed by atoms with E-state index < -0.39 is 17.5 Å². The topological polar surface area (TPSA) is 107 Å². The average Bonchev–Trinajstić information content (AvgIpc) is 3.04. The van der Waals surface area contributed by atoms with Crippen LogP contribution in [0.15, 0.2) is 36.9 Å². The number of halogens is 2. The molecule has 4 aromatic heterocycles. The molecule has 7 nitrogen and oxygen atoms in total. The van der Waals surface area contributed by atoms with Crippen LogP contribution in [0.5, 0.6) is 0 Å². The van der Waals surface area contributed by atoms with Gasteiger partial charge in [-0.1, -0.05) is 6.42 Å². The van der Waals surface area contributed by atoms with Gasteiger partial charge < -0.3 is 10.3 Å². The van der Waals surface area contributed by atoms with Crippen molar-refractivity contribution in [2.45, 2.75) is 25.2 Å². The summed E-state index contributed by atoms with van der Waals surface area (Å²) >= 11 is 0. The fourth-order valence-electron chi connectivity index (χ4n) is 3.84.